The molecule has 2 amide bonds. The van der Waals surface area contributed by atoms with Crippen LogP contribution >= 0.6 is 0 Å². The largest absolute Gasteiger partial charge is 0.482 e. The van der Waals surface area contributed by atoms with E-state index in [1.54, 1.807) is 24.3 Å². The Hall–Kier alpha value is -2.96. The van der Waals surface area contributed by atoms with E-state index in [1.165, 1.54) is 29.2 Å². The van der Waals surface area contributed by atoms with Crippen molar-refractivity contribution < 1.29 is 31.2 Å². The zero-order valence-electron chi connectivity index (χ0n) is 17.6. The standard InChI is InChI=1S/C21H23N3O7S2/c25-20(9-11-24-18-3-1-2-4-19(18)31-13-21(24)26)22-15-5-7-17(8-6-15)33(29,30)23-16-10-12-32(27,28)14-16/h1-8,16,23H,9-14H2,(H,22,25)/t16-/m1/s1. The first-order chi connectivity index (χ1) is 15.6. The first-order valence-corrected chi connectivity index (χ1v) is 13.6. The summed E-state index contributed by atoms with van der Waals surface area (Å²) in [5.74, 6) is -0.239. The molecule has 10 nitrogen and oxygen atoms in total. The predicted octanol–water partition coefficient (Wildman–Crippen LogP) is 0.906. The Balaban J connectivity index is 1.33. The highest BCUT2D eigenvalue weighted by Gasteiger charge is 2.31. The van der Waals surface area contributed by atoms with Crippen LogP contribution in [0.5, 0.6) is 5.75 Å². The molecule has 2 N–H and O–H groups in total. The summed E-state index contributed by atoms with van der Waals surface area (Å²) in [5.41, 5.74) is 1.01. The molecule has 0 aromatic heterocycles. The normalized spacial score (nSPS) is 19.6. The summed E-state index contributed by atoms with van der Waals surface area (Å²) in [7, 11) is -7.09. The number of para-hydroxylation sites is 2. The fourth-order valence-corrected chi connectivity index (χ4v) is 6.78. The Morgan fingerprint density at radius 2 is 1.85 bits per heavy atom. The van der Waals surface area contributed by atoms with Gasteiger partial charge in [0.25, 0.3) is 5.91 Å². The highest BCUT2D eigenvalue weighted by molar-refractivity contribution is 7.92. The lowest BCUT2D eigenvalue weighted by molar-refractivity contribution is -0.121. The van der Waals surface area contributed by atoms with Gasteiger partial charge in [0.05, 0.1) is 22.1 Å². The molecule has 1 saturated heterocycles. The van der Waals surface area contributed by atoms with Crippen LogP contribution in [0.25, 0.3) is 0 Å². The number of hydrogen-bond acceptors (Lipinski definition) is 7. The fourth-order valence-electron chi connectivity index (χ4n) is 3.73. The van der Waals surface area contributed by atoms with Crippen molar-refractivity contribution in [3.8, 4) is 5.75 Å². The van der Waals surface area contributed by atoms with E-state index in [-0.39, 0.29) is 54.2 Å². The molecule has 0 aliphatic carbocycles. The molecule has 0 spiro atoms. The number of carbonyl (C=O) groups excluding carboxylic acids is 2. The lowest BCUT2D eigenvalue weighted by Gasteiger charge is -2.29. The minimum Gasteiger partial charge on any atom is -0.482 e. The third-order valence-corrected chi connectivity index (χ3v) is 8.68. The van der Waals surface area contributed by atoms with Crippen molar-refractivity contribution in [2.45, 2.75) is 23.8 Å². The van der Waals surface area contributed by atoms with Gasteiger partial charge in [-0.3, -0.25) is 9.59 Å². The van der Waals surface area contributed by atoms with Crippen LogP contribution in [0.4, 0.5) is 11.4 Å². The van der Waals surface area contributed by atoms with Gasteiger partial charge in [-0.1, -0.05) is 12.1 Å². The molecule has 12 heteroatoms. The molecule has 176 valence electrons. The zero-order valence-corrected chi connectivity index (χ0v) is 19.2. The topological polar surface area (TPSA) is 139 Å². The number of benzene rings is 2. The molecule has 0 radical (unpaired) electrons. The van der Waals surface area contributed by atoms with E-state index in [1.807, 2.05) is 0 Å². The lowest BCUT2D eigenvalue weighted by Crippen LogP contribution is -2.40. The van der Waals surface area contributed by atoms with Crippen LogP contribution < -0.4 is 19.7 Å². The maximum Gasteiger partial charge on any atom is 0.265 e. The Kier molecular flexibility index (Phi) is 6.41. The van der Waals surface area contributed by atoms with Gasteiger partial charge >= 0.3 is 0 Å². The van der Waals surface area contributed by atoms with Gasteiger partial charge in [0, 0.05) is 24.7 Å². The molecular formula is C21H23N3O7S2. The third kappa shape index (κ3) is 5.52. The third-order valence-electron chi connectivity index (χ3n) is 5.37. The van der Waals surface area contributed by atoms with Crippen molar-refractivity contribution >= 4 is 43.0 Å². The molecule has 1 atom stereocenters. The summed E-state index contributed by atoms with van der Waals surface area (Å²) < 4.78 is 55.9. The summed E-state index contributed by atoms with van der Waals surface area (Å²) in [6, 6.07) is 12.0. The minimum absolute atomic E-state index is 0.0275. The van der Waals surface area contributed by atoms with Gasteiger partial charge in [0.2, 0.25) is 15.9 Å². The van der Waals surface area contributed by atoms with Crippen molar-refractivity contribution in [2.24, 2.45) is 0 Å². The van der Waals surface area contributed by atoms with Crippen molar-refractivity contribution in [1.29, 1.82) is 0 Å². The summed E-state index contributed by atoms with van der Waals surface area (Å²) in [6.45, 7) is 0.0844. The van der Waals surface area contributed by atoms with Crippen LogP contribution in [0.15, 0.2) is 53.4 Å². The number of nitrogens with zero attached hydrogens (tertiary/aromatic N) is 1. The lowest BCUT2D eigenvalue weighted by atomic mass is 10.2. The van der Waals surface area contributed by atoms with Gasteiger partial charge in [0.1, 0.15) is 5.75 Å². The van der Waals surface area contributed by atoms with Gasteiger partial charge in [-0.05, 0) is 42.8 Å². The van der Waals surface area contributed by atoms with Gasteiger partial charge in [-0.15, -0.1) is 0 Å². The highest BCUT2D eigenvalue weighted by atomic mass is 32.2. The second-order valence-corrected chi connectivity index (χ2v) is 11.8. The van der Waals surface area contributed by atoms with Gasteiger partial charge in [-0.25, -0.2) is 21.6 Å². The molecule has 2 aliphatic heterocycles. The maximum absolute atomic E-state index is 12.5. The molecule has 2 aliphatic rings. The monoisotopic (exact) mass is 493 g/mol. The summed E-state index contributed by atoms with van der Waals surface area (Å²) >= 11 is 0. The number of sulfone groups is 1. The molecule has 1 fully saturated rings. The van der Waals surface area contributed by atoms with Crippen LogP contribution in [0.2, 0.25) is 0 Å². The highest BCUT2D eigenvalue weighted by Crippen LogP contribution is 2.31. The van der Waals surface area contributed by atoms with Crippen LogP contribution in [0.3, 0.4) is 0 Å². The smallest absolute Gasteiger partial charge is 0.265 e. The van der Waals surface area contributed by atoms with Crippen molar-refractivity contribution in [1.82, 2.24) is 4.72 Å². The summed E-state index contributed by atoms with van der Waals surface area (Å²) in [6.07, 6.45) is 0.281. The number of fused-ring (bicyclic) bond motifs is 1. The fraction of sp³-hybridized carbons (Fsp3) is 0.333. The average Bonchev–Trinajstić information content (AvgIpc) is 3.10. The molecule has 2 heterocycles. The molecule has 0 bridgehead atoms. The average molecular weight is 494 g/mol. The number of nitrogens with one attached hydrogen (secondary N) is 2. The zero-order chi connectivity index (χ0) is 23.6. The van der Waals surface area contributed by atoms with Crippen LogP contribution in [0, 0.1) is 0 Å². The molecule has 33 heavy (non-hydrogen) atoms. The van der Waals surface area contributed by atoms with Crippen LogP contribution in [-0.4, -0.2) is 59.3 Å². The number of hydrogen-bond donors (Lipinski definition) is 2. The van der Waals surface area contributed by atoms with Gasteiger partial charge < -0.3 is 15.0 Å². The Morgan fingerprint density at radius 1 is 1.12 bits per heavy atom. The minimum atomic E-state index is -3.88. The predicted molar refractivity (Wildman–Crippen MR) is 121 cm³/mol. The molecule has 4 rings (SSSR count). The number of carbonyl (C=O) groups is 2. The number of ether oxygens (including phenoxy) is 1. The van der Waals surface area contributed by atoms with E-state index in [2.05, 4.69) is 10.0 Å². The van der Waals surface area contributed by atoms with Crippen LogP contribution in [-0.2, 0) is 29.4 Å². The van der Waals surface area contributed by atoms with Crippen LogP contribution in [0.1, 0.15) is 12.8 Å². The Labute approximate surface area is 191 Å². The van der Waals surface area contributed by atoms with Gasteiger partial charge in [0.15, 0.2) is 16.4 Å². The van der Waals surface area contributed by atoms with Crippen molar-refractivity contribution in [3.63, 3.8) is 0 Å². The summed E-state index contributed by atoms with van der Waals surface area (Å²) in [5, 5.41) is 2.68. The second-order valence-electron chi connectivity index (χ2n) is 7.85. The van der Waals surface area contributed by atoms with Crippen molar-refractivity contribution in [3.05, 3.63) is 48.5 Å². The van der Waals surface area contributed by atoms with E-state index in [0.29, 0.717) is 17.1 Å². The number of sulfonamides is 1. The van der Waals surface area contributed by atoms with Crippen molar-refractivity contribution in [2.75, 3.05) is 34.9 Å². The molecule has 2 aromatic rings. The molecular weight excluding hydrogens is 470 g/mol. The Bertz CT molecular complexity index is 1280. The maximum atomic E-state index is 12.5. The SMILES string of the molecule is O=C(CCN1C(=O)COc2ccccc21)Nc1ccc(S(=O)(=O)N[C@@H]2CCS(=O)(=O)C2)cc1. The van der Waals surface area contributed by atoms with Gasteiger partial charge in [-0.2, -0.15) is 0 Å². The summed E-state index contributed by atoms with van der Waals surface area (Å²) in [4.78, 5) is 26.0. The van der Waals surface area contributed by atoms with E-state index in [4.69, 9.17) is 4.74 Å². The van der Waals surface area contributed by atoms with E-state index in [9.17, 15) is 26.4 Å². The Morgan fingerprint density at radius 3 is 2.55 bits per heavy atom. The number of anilines is 2. The van der Waals surface area contributed by atoms with E-state index >= 15 is 0 Å². The molecule has 0 unspecified atom stereocenters. The van der Waals surface area contributed by atoms with E-state index in [0.717, 1.165) is 0 Å². The second kappa shape index (κ2) is 9.12. The number of amides is 2. The number of rotatable bonds is 7. The molecule has 0 saturated carbocycles. The quantitative estimate of drug-likeness (QED) is 0.584. The molecule has 2 aromatic carbocycles. The first kappa shape index (κ1) is 23.2. The van der Waals surface area contributed by atoms with E-state index < -0.39 is 25.9 Å². The first-order valence-electron chi connectivity index (χ1n) is 10.3.